The second-order valence-corrected chi connectivity index (χ2v) is 7.94. The molecule has 10 heteroatoms. The Morgan fingerprint density at radius 3 is 2.59 bits per heavy atom. The number of amides is 1. The van der Waals surface area contributed by atoms with Gasteiger partial charge in [-0.2, -0.15) is 13.2 Å². The van der Waals surface area contributed by atoms with E-state index in [0.29, 0.717) is 41.4 Å². The third-order valence-electron chi connectivity index (χ3n) is 5.33. The third kappa shape index (κ3) is 4.57. The summed E-state index contributed by atoms with van der Waals surface area (Å²) in [4.78, 5) is 22.5. The molecule has 0 bridgehead atoms. The van der Waals surface area contributed by atoms with Crippen molar-refractivity contribution in [1.29, 1.82) is 0 Å². The summed E-state index contributed by atoms with van der Waals surface area (Å²) in [6.45, 7) is 0.436. The van der Waals surface area contributed by atoms with Gasteiger partial charge in [-0.05, 0) is 43.2 Å². The van der Waals surface area contributed by atoms with E-state index >= 15 is 0 Å². The Hall–Kier alpha value is -3.07. The zero-order valence-electron chi connectivity index (χ0n) is 17.1. The van der Waals surface area contributed by atoms with Crippen LogP contribution in [0.2, 0.25) is 5.02 Å². The highest BCUT2D eigenvalue weighted by molar-refractivity contribution is 6.31. The molecular weight excluding hydrogens is 445 g/mol. The second-order valence-electron chi connectivity index (χ2n) is 7.50. The lowest BCUT2D eigenvalue weighted by atomic mass is 9.96. The number of nitrogens with zero attached hydrogens (tertiary/aromatic N) is 3. The largest absolute Gasteiger partial charge is 0.495 e. The van der Waals surface area contributed by atoms with E-state index in [0.717, 1.165) is 0 Å². The lowest BCUT2D eigenvalue weighted by Gasteiger charge is -2.34. The van der Waals surface area contributed by atoms with Gasteiger partial charge in [-0.15, -0.1) is 0 Å². The Kier molecular flexibility index (Phi) is 6.10. The predicted octanol–water partition coefficient (Wildman–Crippen LogP) is 5.17. The minimum Gasteiger partial charge on any atom is -0.495 e. The van der Waals surface area contributed by atoms with E-state index in [1.165, 1.54) is 18.1 Å². The van der Waals surface area contributed by atoms with Crippen molar-refractivity contribution in [3.8, 4) is 5.75 Å². The average molecular weight is 465 g/mol. The molecule has 168 valence electrons. The number of halogens is 4. The Bertz CT molecular complexity index is 1160. The van der Waals surface area contributed by atoms with E-state index in [4.69, 9.17) is 16.3 Å². The SMILES string of the molecule is COc1ccc(Cl)cc1NC(=O)C1CCCN(c2nc3ccccc3nc2C(F)(F)F)C1. The molecule has 1 atom stereocenters. The van der Waals surface area contributed by atoms with Gasteiger partial charge >= 0.3 is 6.18 Å². The first-order chi connectivity index (χ1) is 15.3. The number of ether oxygens (including phenoxy) is 1. The van der Waals surface area contributed by atoms with Crippen LogP contribution in [-0.2, 0) is 11.0 Å². The second kappa shape index (κ2) is 8.82. The standard InChI is InChI=1S/C22H20ClF3N4O2/c1-32-18-9-8-14(23)11-17(18)29-21(31)13-5-4-10-30(12-13)20-19(22(24,25)26)27-15-6-2-3-7-16(15)28-20/h2-3,6-9,11,13H,4-5,10,12H2,1H3,(H,29,31). The fraction of sp³-hybridized carbons (Fsp3) is 0.318. The van der Waals surface area contributed by atoms with E-state index in [9.17, 15) is 18.0 Å². The van der Waals surface area contributed by atoms with Crippen molar-refractivity contribution < 1.29 is 22.7 Å². The number of anilines is 2. The molecule has 1 saturated heterocycles. The van der Waals surface area contributed by atoms with Crippen molar-refractivity contribution in [3.63, 3.8) is 0 Å². The molecule has 1 aliphatic heterocycles. The number of methoxy groups -OCH3 is 1. The monoisotopic (exact) mass is 464 g/mol. The Labute approximate surface area is 187 Å². The number of benzene rings is 2. The molecule has 0 spiro atoms. The smallest absolute Gasteiger partial charge is 0.437 e. The zero-order valence-corrected chi connectivity index (χ0v) is 17.9. The molecule has 4 rings (SSSR count). The highest BCUT2D eigenvalue weighted by Crippen LogP contribution is 2.37. The van der Waals surface area contributed by atoms with Gasteiger partial charge in [0.2, 0.25) is 5.91 Å². The maximum Gasteiger partial charge on any atom is 0.437 e. The minimum absolute atomic E-state index is 0.0881. The molecule has 0 aliphatic carbocycles. The van der Waals surface area contributed by atoms with Gasteiger partial charge in [0.25, 0.3) is 0 Å². The molecular formula is C22H20ClF3N4O2. The van der Waals surface area contributed by atoms with E-state index in [1.807, 2.05) is 0 Å². The molecule has 1 fully saturated rings. The van der Waals surface area contributed by atoms with Crippen LogP contribution in [-0.4, -0.2) is 36.1 Å². The number of aromatic nitrogens is 2. The van der Waals surface area contributed by atoms with Crippen LogP contribution in [0.3, 0.4) is 0 Å². The van der Waals surface area contributed by atoms with Crippen molar-refractivity contribution in [1.82, 2.24) is 9.97 Å². The molecule has 2 aromatic carbocycles. The van der Waals surface area contributed by atoms with Crippen LogP contribution >= 0.6 is 11.6 Å². The van der Waals surface area contributed by atoms with Gasteiger partial charge < -0.3 is 15.0 Å². The van der Waals surface area contributed by atoms with Gasteiger partial charge in [-0.1, -0.05) is 23.7 Å². The average Bonchev–Trinajstić information content (AvgIpc) is 2.78. The maximum atomic E-state index is 13.8. The van der Waals surface area contributed by atoms with E-state index < -0.39 is 17.8 Å². The van der Waals surface area contributed by atoms with Crippen molar-refractivity contribution in [2.75, 3.05) is 30.4 Å². The number of carbonyl (C=O) groups excluding carboxylic acids is 1. The molecule has 2 heterocycles. The minimum atomic E-state index is -4.67. The summed E-state index contributed by atoms with van der Waals surface area (Å²) >= 11 is 6.02. The van der Waals surface area contributed by atoms with Crippen LogP contribution in [0.5, 0.6) is 5.75 Å². The fourth-order valence-electron chi connectivity index (χ4n) is 3.80. The molecule has 1 amide bonds. The van der Waals surface area contributed by atoms with Crippen LogP contribution in [0.25, 0.3) is 11.0 Å². The van der Waals surface area contributed by atoms with Gasteiger partial charge in [-0.25, -0.2) is 9.97 Å². The van der Waals surface area contributed by atoms with Crippen LogP contribution in [0, 0.1) is 5.92 Å². The highest BCUT2D eigenvalue weighted by atomic mass is 35.5. The van der Waals surface area contributed by atoms with Crippen LogP contribution < -0.4 is 15.0 Å². The zero-order chi connectivity index (χ0) is 22.9. The Morgan fingerprint density at radius 2 is 1.91 bits per heavy atom. The van der Waals surface area contributed by atoms with Crippen LogP contribution in [0.15, 0.2) is 42.5 Å². The van der Waals surface area contributed by atoms with Gasteiger partial charge in [0, 0.05) is 18.1 Å². The Morgan fingerprint density at radius 1 is 1.19 bits per heavy atom. The fourth-order valence-corrected chi connectivity index (χ4v) is 3.97. The number of alkyl halides is 3. The maximum absolute atomic E-state index is 13.8. The number of para-hydroxylation sites is 2. The molecule has 1 unspecified atom stereocenters. The summed E-state index contributed by atoms with van der Waals surface area (Å²) in [7, 11) is 1.47. The summed E-state index contributed by atoms with van der Waals surface area (Å²) in [5, 5.41) is 3.21. The van der Waals surface area contributed by atoms with Gasteiger partial charge in [0.15, 0.2) is 11.5 Å². The first-order valence-corrected chi connectivity index (χ1v) is 10.4. The molecule has 1 aromatic heterocycles. The summed E-state index contributed by atoms with van der Waals surface area (Å²) in [5.41, 5.74) is -0.106. The Balaban J connectivity index is 1.61. The summed E-state index contributed by atoms with van der Waals surface area (Å²) < 4.78 is 46.5. The number of nitrogens with one attached hydrogen (secondary N) is 1. The van der Waals surface area contributed by atoms with Crippen molar-refractivity contribution in [3.05, 3.63) is 53.2 Å². The lowest BCUT2D eigenvalue weighted by Crippen LogP contribution is -2.42. The van der Waals surface area contributed by atoms with Gasteiger partial charge in [-0.3, -0.25) is 4.79 Å². The van der Waals surface area contributed by atoms with E-state index in [2.05, 4.69) is 15.3 Å². The molecule has 3 aromatic rings. The summed E-state index contributed by atoms with van der Waals surface area (Å²) in [6.07, 6.45) is -3.60. The number of hydrogen-bond acceptors (Lipinski definition) is 5. The molecule has 6 nitrogen and oxygen atoms in total. The predicted molar refractivity (Wildman–Crippen MR) is 116 cm³/mol. The van der Waals surface area contributed by atoms with Crippen molar-refractivity contribution in [2.45, 2.75) is 19.0 Å². The number of fused-ring (bicyclic) bond motifs is 1. The van der Waals surface area contributed by atoms with Crippen LogP contribution in [0.1, 0.15) is 18.5 Å². The van der Waals surface area contributed by atoms with Gasteiger partial charge in [0.05, 0.1) is 29.7 Å². The molecule has 32 heavy (non-hydrogen) atoms. The van der Waals surface area contributed by atoms with E-state index in [1.54, 1.807) is 36.4 Å². The van der Waals surface area contributed by atoms with Gasteiger partial charge in [0.1, 0.15) is 5.75 Å². The lowest BCUT2D eigenvalue weighted by molar-refractivity contribution is -0.140. The topological polar surface area (TPSA) is 67.3 Å². The number of piperidine rings is 1. The van der Waals surface area contributed by atoms with Crippen molar-refractivity contribution >= 4 is 40.0 Å². The van der Waals surface area contributed by atoms with Crippen molar-refractivity contribution in [2.24, 2.45) is 5.92 Å². The highest BCUT2D eigenvalue weighted by Gasteiger charge is 2.40. The summed E-state index contributed by atoms with van der Waals surface area (Å²) in [5.74, 6) is -0.677. The summed E-state index contributed by atoms with van der Waals surface area (Å²) in [6, 6.07) is 11.2. The third-order valence-corrected chi connectivity index (χ3v) is 5.57. The molecule has 0 saturated carbocycles. The first-order valence-electron chi connectivity index (χ1n) is 9.99. The van der Waals surface area contributed by atoms with E-state index in [-0.39, 0.29) is 23.8 Å². The number of hydrogen-bond donors (Lipinski definition) is 1. The number of carbonyl (C=O) groups is 1. The molecule has 1 aliphatic rings. The first kappa shape index (κ1) is 22.1. The molecule has 1 N–H and O–H groups in total. The van der Waals surface area contributed by atoms with Crippen LogP contribution in [0.4, 0.5) is 24.7 Å². The normalized spacial score (nSPS) is 16.8. The number of rotatable bonds is 4. The quantitative estimate of drug-likeness (QED) is 0.577. The molecule has 0 radical (unpaired) electrons.